The number of alkyl halides is 3. The fraction of sp³-hybridized carbons (Fsp3) is 0.227. The molecule has 10 heteroatoms. The van der Waals surface area contributed by atoms with Crippen LogP contribution in [0.3, 0.4) is 0 Å². The average Bonchev–Trinajstić information content (AvgIpc) is 3.20. The lowest BCUT2D eigenvalue weighted by atomic mass is 10.1. The second kappa shape index (κ2) is 8.37. The molecule has 0 atom stereocenters. The van der Waals surface area contributed by atoms with Crippen molar-refractivity contribution in [1.82, 2.24) is 19.6 Å². The average molecular weight is 443 g/mol. The van der Waals surface area contributed by atoms with Crippen LogP contribution < -0.4 is 15.2 Å². The van der Waals surface area contributed by atoms with Crippen LogP contribution in [0.25, 0.3) is 28.2 Å². The molecule has 0 saturated carbocycles. The standard InChI is InChI=1S/C22H20F3N5O2/c1-3-8-32-18-6-4-13(10-19(18)31-2)16-5-7-20-27-12-17(30(20)29-16)14-9-15(22(23,24)25)21(26)28-11-14/h4-7,9-12H,3,8H2,1-2H3,(H2,26,28). The molecular formula is C22H20F3N5O2. The summed E-state index contributed by atoms with van der Waals surface area (Å²) in [4.78, 5) is 7.95. The molecule has 0 aliphatic heterocycles. The summed E-state index contributed by atoms with van der Waals surface area (Å²) in [7, 11) is 1.55. The van der Waals surface area contributed by atoms with Crippen molar-refractivity contribution in [2.75, 3.05) is 19.5 Å². The van der Waals surface area contributed by atoms with E-state index < -0.39 is 17.6 Å². The monoisotopic (exact) mass is 443 g/mol. The van der Waals surface area contributed by atoms with Gasteiger partial charge in [0.1, 0.15) is 5.82 Å². The van der Waals surface area contributed by atoms with Crippen LogP contribution in [-0.4, -0.2) is 33.3 Å². The highest BCUT2D eigenvalue weighted by Crippen LogP contribution is 2.36. The minimum absolute atomic E-state index is 0.199. The third-order valence-corrected chi connectivity index (χ3v) is 4.80. The van der Waals surface area contributed by atoms with E-state index in [0.29, 0.717) is 35.1 Å². The number of anilines is 1. The van der Waals surface area contributed by atoms with Crippen molar-refractivity contribution in [3.05, 3.63) is 54.4 Å². The molecule has 3 heterocycles. The highest BCUT2D eigenvalue weighted by atomic mass is 19.4. The van der Waals surface area contributed by atoms with Gasteiger partial charge in [-0.3, -0.25) is 0 Å². The van der Waals surface area contributed by atoms with Crippen LogP contribution in [0.2, 0.25) is 0 Å². The highest BCUT2D eigenvalue weighted by Gasteiger charge is 2.34. The Kier molecular flexibility index (Phi) is 5.60. The van der Waals surface area contributed by atoms with Gasteiger partial charge in [0.15, 0.2) is 17.1 Å². The Morgan fingerprint density at radius 3 is 2.53 bits per heavy atom. The van der Waals surface area contributed by atoms with Crippen LogP contribution in [0.4, 0.5) is 19.0 Å². The molecule has 0 spiro atoms. The molecule has 0 aliphatic rings. The lowest BCUT2D eigenvalue weighted by Gasteiger charge is -2.12. The van der Waals surface area contributed by atoms with Crippen molar-refractivity contribution in [2.45, 2.75) is 19.5 Å². The number of pyridine rings is 1. The minimum Gasteiger partial charge on any atom is -0.493 e. The van der Waals surface area contributed by atoms with Crippen molar-refractivity contribution >= 4 is 11.5 Å². The normalized spacial score (nSPS) is 11.7. The van der Waals surface area contributed by atoms with Crippen LogP contribution in [0.15, 0.2) is 48.8 Å². The van der Waals surface area contributed by atoms with Crippen molar-refractivity contribution in [3.63, 3.8) is 0 Å². The number of nitrogen functional groups attached to an aromatic ring is 1. The molecule has 0 unspecified atom stereocenters. The maximum atomic E-state index is 13.3. The van der Waals surface area contributed by atoms with Crippen LogP contribution >= 0.6 is 0 Å². The molecule has 7 nitrogen and oxygen atoms in total. The maximum Gasteiger partial charge on any atom is 0.419 e. The minimum atomic E-state index is -4.62. The van der Waals surface area contributed by atoms with E-state index in [0.717, 1.165) is 18.1 Å². The van der Waals surface area contributed by atoms with E-state index in [4.69, 9.17) is 15.2 Å². The molecule has 0 bridgehead atoms. The van der Waals surface area contributed by atoms with E-state index in [9.17, 15) is 13.2 Å². The van der Waals surface area contributed by atoms with Gasteiger partial charge >= 0.3 is 6.18 Å². The van der Waals surface area contributed by atoms with Gasteiger partial charge in [-0.2, -0.15) is 18.3 Å². The van der Waals surface area contributed by atoms with Gasteiger partial charge in [0.2, 0.25) is 0 Å². The Balaban J connectivity index is 1.78. The zero-order valence-electron chi connectivity index (χ0n) is 17.3. The van der Waals surface area contributed by atoms with Crippen LogP contribution in [-0.2, 0) is 6.18 Å². The molecule has 0 aliphatic carbocycles. The van der Waals surface area contributed by atoms with Crippen molar-refractivity contribution in [2.24, 2.45) is 0 Å². The van der Waals surface area contributed by atoms with Crippen LogP contribution in [0.1, 0.15) is 18.9 Å². The van der Waals surface area contributed by atoms with E-state index in [1.807, 2.05) is 13.0 Å². The topological polar surface area (TPSA) is 87.6 Å². The number of methoxy groups -OCH3 is 1. The van der Waals surface area contributed by atoms with Crippen LogP contribution in [0.5, 0.6) is 11.5 Å². The first-order valence-corrected chi connectivity index (χ1v) is 9.81. The zero-order chi connectivity index (χ0) is 22.9. The van der Waals surface area contributed by atoms with Gasteiger partial charge in [-0.05, 0) is 42.8 Å². The molecule has 4 rings (SSSR count). The molecular weight excluding hydrogens is 423 g/mol. The number of halogens is 3. The van der Waals surface area contributed by atoms with E-state index in [1.165, 1.54) is 16.9 Å². The Morgan fingerprint density at radius 1 is 1.00 bits per heavy atom. The first-order valence-electron chi connectivity index (χ1n) is 9.81. The number of nitrogens with two attached hydrogens (primary N) is 1. The summed E-state index contributed by atoms with van der Waals surface area (Å²) in [5, 5.41) is 4.58. The summed E-state index contributed by atoms with van der Waals surface area (Å²) in [6.45, 7) is 2.57. The molecule has 3 aromatic heterocycles. The fourth-order valence-electron chi connectivity index (χ4n) is 3.22. The summed E-state index contributed by atoms with van der Waals surface area (Å²) < 4.78 is 52.4. The largest absolute Gasteiger partial charge is 0.493 e. The zero-order valence-corrected chi connectivity index (χ0v) is 17.3. The SMILES string of the molecule is CCCOc1ccc(-c2ccc3ncc(-c4cnc(N)c(C(F)(F)F)c4)n3n2)cc1OC. The summed E-state index contributed by atoms with van der Waals surface area (Å²) in [6.07, 6.45) is -1.04. The van der Waals surface area contributed by atoms with Gasteiger partial charge in [-0.1, -0.05) is 6.92 Å². The van der Waals surface area contributed by atoms with Gasteiger partial charge < -0.3 is 15.2 Å². The molecule has 0 saturated heterocycles. The number of hydrogen-bond donors (Lipinski definition) is 1. The second-order valence-electron chi connectivity index (χ2n) is 7.00. The number of ether oxygens (including phenoxy) is 2. The summed E-state index contributed by atoms with van der Waals surface area (Å²) in [5.41, 5.74) is 6.77. The number of benzene rings is 1. The van der Waals surface area contributed by atoms with Crippen molar-refractivity contribution in [1.29, 1.82) is 0 Å². The molecule has 166 valence electrons. The summed E-state index contributed by atoms with van der Waals surface area (Å²) in [6, 6.07) is 9.88. The van der Waals surface area contributed by atoms with Gasteiger partial charge in [-0.15, -0.1) is 0 Å². The maximum absolute atomic E-state index is 13.3. The quantitative estimate of drug-likeness (QED) is 0.458. The van der Waals surface area contributed by atoms with Gasteiger partial charge in [0.25, 0.3) is 0 Å². The summed E-state index contributed by atoms with van der Waals surface area (Å²) >= 11 is 0. The Labute approximate surface area is 181 Å². The van der Waals surface area contributed by atoms with Gasteiger partial charge in [-0.25, -0.2) is 14.5 Å². The lowest BCUT2D eigenvalue weighted by Crippen LogP contribution is -2.10. The predicted octanol–water partition coefficient (Wildman–Crippen LogP) is 4.86. The Morgan fingerprint density at radius 2 is 1.81 bits per heavy atom. The molecule has 0 radical (unpaired) electrons. The number of aromatic nitrogens is 4. The van der Waals surface area contributed by atoms with Crippen LogP contribution in [0, 0.1) is 0 Å². The molecule has 1 aromatic carbocycles. The number of nitrogens with zero attached hydrogens (tertiary/aromatic N) is 4. The third-order valence-electron chi connectivity index (χ3n) is 4.80. The van der Waals surface area contributed by atoms with Crippen molar-refractivity contribution < 1.29 is 22.6 Å². The number of hydrogen-bond acceptors (Lipinski definition) is 6. The van der Waals surface area contributed by atoms with E-state index >= 15 is 0 Å². The highest BCUT2D eigenvalue weighted by molar-refractivity contribution is 5.68. The van der Waals surface area contributed by atoms with Crippen molar-refractivity contribution in [3.8, 4) is 34.0 Å². The second-order valence-corrected chi connectivity index (χ2v) is 7.00. The fourth-order valence-corrected chi connectivity index (χ4v) is 3.22. The van der Waals surface area contributed by atoms with Gasteiger partial charge in [0.05, 0.1) is 36.9 Å². The molecule has 4 aromatic rings. The molecule has 2 N–H and O–H groups in total. The predicted molar refractivity (Wildman–Crippen MR) is 113 cm³/mol. The molecule has 0 amide bonds. The van der Waals surface area contributed by atoms with Gasteiger partial charge in [0, 0.05) is 17.3 Å². The summed E-state index contributed by atoms with van der Waals surface area (Å²) in [5.74, 6) is 0.595. The first kappa shape index (κ1) is 21.4. The Hall–Kier alpha value is -3.82. The smallest absolute Gasteiger partial charge is 0.419 e. The lowest BCUT2D eigenvalue weighted by molar-refractivity contribution is -0.137. The number of fused-ring (bicyclic) bond motifs is 1. The molecule has 32 heavy (non-hydrogen) atoms. The Bertz CT molecular complexity index is 1270. The number of imidazole rings is 1. The first-order chi connectivity index (χ1) is 15.3. The van der Waals surface area contributed by atoms with E-state index in [2.05, 4.69) is 15.1 Å². The van der Waals surface area contributed by atoms with E-state index in [-0.39, 0.29) is 5.56 Å². The van der Waals surface area contributed by atoms with E-state index in [1.54, 1.807) is 31.4 Å². The third kappa shape index (κ3) is 4.03. The molecule has 0 fully saturated rings. The number of rotatable bonds is 6.